The molecule has 3 aromatic rings. The summed E-state index contributed by atoms with van der Waals surface area (Å²) >= 11 is 0. The van der Waals surface area contributed by atoms with E-state index < -0.39 is 28.2 Å². The van der Waals surface area contributed by atoms with Gasteiger partial charge in [-0.25, -0.2) is 4.68 Å². The number of aryl methyl sites for hydroxylation is 1. The number of non-ortho nitro benzene ring substituents is 2. The Morgan fingerprint density at radius 2 is 1.76 bits per heavy atom. The summed E-state index contributed by atoms with van der Waals surface area (Å²) in [6.07, 6.45) is 0. The fourth-order valence-corrected chi connectivity index (χ4v) is 3.30. The minimum absolute atomic E-state index is 0.0909. The van der Waals surface area contributed by atoms with Crippen molar-refractivity contribution in [2.75, 3.05) is 23.4 Å². The molecule has 4 rings (SSSR count). The van der Waals surface area contributed by atoms with Crippen molar-refractivity contribution in [3.63, 3.8) is 0 Å². The SMILES string of the molecule is Cc1cc(NC(=O)CN2C(=O)COc3ccc([N+](=O)[O-])cc32)n(-c2ccc([N+](=O)[O-])cc2)n1. The standard InChI is InChI=1S/C20H16N6O7/c1-12-8-18(24(22-12)13-2-4-14(5-3-13)25(29)30)21-19(27)10-23-16-9-15(26(31)32)6-7-17(16)33-11-20(23)28/h2-9H,10-11H2,1H3,(H,21,27). The fourth-order valence-electron chi connectivity index (χ4n) is 3.30. The minimum Gasteiger partial charge on any atom is -0.482 e. The molecular formula is C20H16N6O7. The molecule has 0 fully saturated rings. The van der Waals surface area contributed by atoms with Crippen LogP contribution in [0.25, 0.3) is 5.69 Å². The molecule has 0 bridgehead atoms. The van der Waals surface area contributed by atoms with E-state index in [9.17, 15) is 29.8 Å². The maximum absolute atomic E-state index is 12.8. The molecule has 13 heteroatoms. The number of nitro benzene ring substituents is 2. The van der Waals surface area contributed by atoms with Crippen LogP contribution in [0.15, 0.2) is 48.5 Å². The number of hydrogen-bond acceptors (Lipinski definition) is 8. The Kier molecular flexibility index (Phi) is 5.44. The van der Waals surface area contributed by atoms with E-state index in [4.69, 9.17) is 4.74 Å². The number of nitro groups is 2. The number of fused-ring (bicyclic) bond motifs is 1. The van der Waals surface area contributed by atoms with Gasteiger partial charge in [0.15, 0.2) is 6.61 Å². The lowest BCUT2D eigenvalue weighted by Crippen LogP contribution is -2.43. The number of nitrogens with one attached hydrogen (secondary N) is 1. The molecule has 0 aliphatic carbocycles. The van der Waals surface area contributed by atoms with Gasteiger partial charge in [0.1, 0.15) is 18.1 Å². The normalized spacial score (nSPS) is 12.6. The molecule has 0 radical (unpaired) electrons. The summed E-state index contributed by atoms with van der Waals surface area (Å²) in [4.78, 5) is 47.1. The molecule has 0 unspecified atom stereocenters. The number of benzene rings is 2. The summed E-state index contributed by atoms with van der Waals surface area (Å²) in [5.74, 6) is -0.574. The Morgan fingerprint density at radius 3 is 2.42 bits per heavy atom. The molecule has 1 aliphatic rings. The van der Waals surface area contributed by atoms with Gasteiger partial charge in [-0.15, -0.1) is 0 Å². The zero-order chi connectivity index (χ0) is 23.7. The summed E-state index contributed by atoms with van der Waals surface area (Å²) in [6.45, 7) is 0.983. The van der Waals surface area contributed by atoms with E-state index in [0.29, 0.717) is 11.4 Å². The lowest BCUT2D eigenvalue weighted by molar-refractivity contribution is -0.385. The van der Waals surface area contributed by atoms with Crippen molar-refractivity contribution < 1.29 is 24.2 Å². The molecule has 1 aliphatic heterocycles. The average Bonchev–Trinajstić information content (AvgIpc) is 3.15. The van der Waals surface area contributed by atoms with Crippen molar-refractivity contribution in [3.8, 4) is 11.4 Å². The largest absolute Gasteiger partial charge is 0.482 e. The summed E-state index contributed by atoms with van der Waals surface area (Å²) in [5, 5.41) is 28.9. The highest BCUT2D eigenvalue weighted by Crippen LogP contribution is 2.35. The maximum atomic E-state index is 12.8. The number of hydrogen-bond donors (Lipinski definition) is 1. The molecule has 2 heterocycles. The van der Waals surface area contributed by atoms with E-state index in [1.165, 1.54) is 47.1 Å². The molecule has 168 valence electrons. The molecular weight excluding hydrogens is 436 g/mol. The third-order valence-corrected chi connectivity index (χ3v) is 4.80. The van der Waals surface area contributed by atoms with Crippen LogP contribution in [0, 0.1) is 27.2 Å². The Labute approximate surface area is 185 Å². The van der Waals surface area contributed by atoms with Gasteiger partial charge in [0.2, 0.25) is 5.91 Å². The summed E-state index contributed by atoms with van der Waals surface area (Å²) in [5.41, 5.74) is 0.839. The van der Waals surface area contributed by atoms with Crippen LogP contribution in [-0.2, 0) is 9.59 Å². The van der Waals surface area contributed by atoms with Gasteiger partial charge >= 0.3 is 0 Å². The van der Waals surface area contributed by atoms with Gasteiger partial charge in [-0.1, -0.05) is 0 Å². The van der Waals surface area contributed by atoms with Crippen molar-refractivity contribution in [1.82, 2.24) is 9.78 Å². The molecule has 0 spiro atoms. The first-order valence-electron chi connectivity index (χ1n) is 9.56. The van der Waals surface area contributed by atoms with Crippen LogP contribution in [0.2, 0.25) is 0 Å². The lowest BCUT2D eigenvalue weighted by atomic mass is 10.2. The smallest absolute Gasteiger partial charge is 0.271 e. The fraction of sp³-hybridized carbons (Fsp3) is 0.150. The van der Waals surface area contributed by atoms with E-state index in [1.807, 2.05) is 0 Å². The zero-order valence-corrected chi connectivity index (χ0v) is 17.1. The zero-order valence-electron chi connectivity index (χ0n) is 17.1. The van der Waals surface area contributed by atoms with E-state index in [2.05, 4.69) is 10.4 Å². The van der Waals surface area contributed by atoms with E-state index in [-0.39, 0.29) is 35.2 Å². The predicted molar refractivity (Wildman–Crippen MR) is 115 cm³/mol. The first-order chi connectivity index (χ1) is 15.7. The Balaban J connectivity index is 1.57. The van der Waals surface area contributed by atoms with Crippen LogP contribution in [0.5, 0.6) is 5.75 Å². The van der Waals surface area contributed by atoms with E-state index in [0.717, 1.165) is 4.90 Å². The van der Waals surface area contributed by atoms with Crippen LogP contribution in [0.3, 0.4) is 0 Å². The maximum Gasteiger partial charge on any atom is 0.271 e. The topological polar surface area (TPSA) is 163 Å². The lowest BCUT2D eigenvalue weighted by Gasteiger charge is -2.28. The highest BCUT2D eigenvalue weighted by molar-refractivity contribution is 6.05. The minimum atomic E-state index is -0.608. The van der Waals surface area contributed by atoms with Crippen LogP contribution >= 0.6 is 0 Å². The molecule has 0 saturated carbocycles. The van der Waals surface area contributed by atoms with Gasteiger partial charge < -0.3 is 10.1 Å². The molecule has 33 heavy (non-hydrogen) atoms. The molecule has 1 aromatic heterocycles. The number of nitrogens with zero attached hydrogens (tertiary/aromatic N) is 5. The third kappa shape index (κ3) is 4.32. The Hall–Kier alpha value is -4.81. The van der Waals surface area contributed by atoms with Crippen LogP contribution in [-0.4, -0.2) is 44.6 Å². The number of anilines is 2. The van der Waals surface area contributed by atoms with Crippen LogP contribution in [0.1, 0.15) is 5.69 Å². The van der Waals surface area contributed by atoms with E-state index >= 15 is 0 Å². The molecule has 1 N–H and O–H groups in total. The number of carbonyl (C=O) groups excluding carboxylic acids is 2. The quantitative estimate of drug-likeness (QED) is 0.440. The van der Waals surface area contributed by atoms with Crippen molar-refractivity contribution in [3.05, 3.63) is 74.5 Å². The van der Waals surface area contributed by atoms with Gasteiger partial charge in [-0.3, -0.25) is 34.7 Å². The molecule has 13 nitrogen and oxygen atoms in total. The molecule has 2 amide bonds. The van der Waals surface area contributed by atoms with Gasteiger partial charge in [-0.05, 0) is 25.1 Å². The van der Waals surface area contributed by atoms with Crippen molar-refractivity contribution >= 4 is 34.7 Å². The Bertz CT molecular complexity index is 1280. The monoisotopic (exact) mass is 452 g/mol. The third-order valence-electron chi connectivity index (χ3n) is 4.80. The highest BCUT2D eigenvalue weighted by atomic mass is 16.6. The Morgan fingerprint density at radius 1 is 1.09 bits per heavy atom. The van der Waals surface area contributed by atoms with Gasteiger partial charge in [0, 0.05) is 30.3 Å². The van der Waals surface area contributed by atoms with Gasteiger partial charge in [0.25, 0.3) is 17.3 Å². The summed E-state index contributed by atoms with van der Waals surface area (Å²) in [7, 11) is 0. The second-order valence-corrected chi connectivity index (χ2v) is 7.08. The number of amides is 2. The molecule has 0 atom stereocenters. The first kappa shape index (κ1) is 21.4. The number of aromatic nitrogens is 2. The highest BCUT2D eigenvalue weighted by Gasteiger charge is 2.29. The average molecular weight is 452 g/mol. The number of ether oxygens (including phenoxy) is 1. The number of carbonyl (C=O) groups is 2. The van der Waals surface area contributed by atoms with Crippen molar-refractivity contribution in [2.45, 2.75) is 6.92 Å². The van der Waals surface area contributed by atoms with Crippen LogP contribution in [0.4, 0.5) is 22.9 Å². The summed E-state index contributed by atoms with van der Waals surface area (Å²) in [6, 6.07) is 11.0. The van der Waals surface area contributed by atoms with E-state index in [1.54, 1.807) is 13.0 Å². The second-order valence-electron chi connectivity index (χ2n) is 7.08. The van der Waals surface area contributed by atoms with Gasteiger partial charge in [-0.2, -0.15) is 5.10 Å². The first-order valence-corrected chi connectivity index (χ1v) is 9.56. The number of rotatable bonds is 6. The van der Waals surface area contributed by atoms with Crippen molar-refractivity contribution in [1.29, 1.82) is 0 Å². The summed E-state index contributed by atoms with van der Waals surface area (Å²) < 4.78 is 6.70. The van der Waals surface area contributed by atoms with Crippen LogP contribution < -0.4 is 15.0 Å². The molecule has 0 saturated heterocycles. The van der Waals surface area contributed by atoms with Crippen molar-refractivity contribution in [2.24, 2.45) is 0 Å². The van der Waals surface area contributed by atoms with Gasteiger partial charge in [0.05, 0.1) is 26.9 Å². The second kappa shape index (κ2) is 8.37. The molecule has 2 aromatic carbocycles. The predicted octanol–water partition coefficient (Wildman–Crippen LogP) is 2.36.